The molecule has 0 aliphatic carbocycles. The van der Waals surface area contributed by atoms with Gasteiger partial charge in [0.25, 0.3) is 11.8 Å². The molecule has 2 amide bonds. The lowest BCUT2D eigenvalue weighted by atomic mass is 10.0. The molecule has 0 fully saturated rings. The number of hydrogen-bond acceptors (Lipinski definition) is 3. The summed E-state index contributed by atoms with van der Waals surface area (Å²) in [6.45, 7) is 4.27. The number of carbonyl (C=O) groups excluding carboxylic acids is 2. The molecule has 3 aromatic rings. The summed E-state index contributed by atoms with van der Waals surface area (Å²) in [5, 5.41) is 0. The zero-order valence-electron chi connectivity index (χ0n) is 20.7. The van der Waals surface area contributed by atoms with E-state index in [-0.39, 0.29) is 17.9 Å². The highest BCUT2D eigenvalue weighted by Crippen LogP contribution is 2.25. The van der Waals surface area contributed by atoms with Gasteiger partial charge < -0.3 is 14.5 Å². The first-order valence-electron chi connectivity index (χ1n) is 12.7. The molecule has 6 heteroatoms. The molecule has 0 bridgehead atoms. The van der Waals surface area contributed by atoms with Crippen molar-refractivity contribution in [1.29, 1.82) is 0 Å². The normalized spacial score (nSPS) is 17.3. The molecule has 0 radical (unpaired) electrons. The molecule has 0 saturated carbocycles. The van der Waals surface area contributed by atoms with E-state index in [0.717, 1.165) is 29.3 Å². The third-order valence-electron chi connectivity index (χ3n) is 6.66. The predicted molar refractivity (Wildman–Crippen MR) is 146 cm³/mol. The van der Waals surface area contributed by atoms with Crippen LogP contribution < -0.4 is 4.74 Å². The summed E-state index contributed by atoms with van der Waals surface area (Å²) in [5.41, 5.74) is 2.36. The minimum absolute atomic E-state index is 0.00638. The van der Waals surface area contributed by atoms with E-state index in [0.29, 0.717) is 49.5 Å². The van der Waals surface area contributed by atoms with Gasteiger partial charge in [-0.3, -0.25) is 9.59 Å². The molecular weight excluding hydrogens is 516 g/mol. The van der Waals surface area contributed by atoms with E-state index in [1.165, 1.54) is 0 Å². The third kappa shape index (κ3) is 6.35. The summed E-state index contributed by atoms with van der Waals surface area (Å²) in [6, 6.07) is 25.0. The van der Waals surface area contributed by atoms with Crippen molar-refractivity contribution >= 4 is 27.7 Å². The largest absolute Gasteiger partial charge is 0.491 e. The second-order valence-corrected chi connectivity index (χ2v) is 9.93. The average Bonchev–Trinajstić information content (AvgIpc) is 2.92. The summed E-state index contributed by atoms with van der Waals surface area (Å²) in [6.07, 6.45) is 3.35. The number of amides is 2. The quantitative estimate of drug-likeness (QED) is 0.388. The second kappa shape index (κ2) is 12.7. The van der Waals surface area contributed by atoms with Crippen LogP contribution in [-0.4, -0.2) is 53.9 Å². The Hall–Kier alpha value is -3.12. The van der Waals surface area contributed by atoms with Crippen LogP contribution in [-0.2, 0) is 6.42 Å². The first-order valence-corrected chi connectivity index (χ1v) is 13.5. The Morgan fingerprint density at radius 1 is 0.917 bits per heavy atom. The number of halogens is 1. The van der Waals surface area contributed by atoms with Gasteiger partial charge in [0.05, 0.1) is 17.2 Å². The topological polar surface area (TPSA) is 49.9 Å². The number of para-hydroxylation sites is 1. The molecule has 0 N–H and O–H groups in total. The van der Waals surface area contributed by atoms with E-state index in [9.17, 15) is 9.59 Å². The van der Waals surface area contributed by atoms with E-state index < -0.39 is 0 Å². The van der Waals surface area contributed by atoms with Gasteiger partial charge in [0, 0.05) is 24.1 Å². The van der Waals surface area contributed by atoms with Crippen LogP contribution in [0.25, 0.3) is 0 Å². The van der Waals surface area contributed by atoms with Crippen molar-refractivity contribution in [3.8, 4) is 5.75 Å². The predicted octanol–water partition coefficient (Wildman–Crippen LogP) is 6.23. The standard InChI is InChI=1S/C30H33BrN2O3/c1-2-32-19-11-4-12-20-33(30(35)25-15-7-9-17-27(25)31)24(21-23-13-5-3-6-14-23)22-36-28-18-10-8-16-26(28)29(32)34/h3,5-10,13-18,24H,2,4,11-12,19-22H2,1H3/t24-/m1/s1. The minimum atomic E-state index is -0.196. The first-order chi connectivity index (χ1) is 17.6. The summed E-state index contributed by atoms with van der Waals surface area (Å²) >= 11 is 3.57. The summed E-state index contributed by atoms with van der Waals surface area (Å²) in [4.78, 5) is 31.0. The highest BCUT2D eigenvalue weighted by atomic mass is 79.9. The number of ether oxygens (including phenoxy) is 1. The molecule has 36 heavy (non-hydrogen) atoms. The van der Waals surface area contributed by atoms with Gasteiger partial charge in [-0.25, -0.2) is 0 Å². The van der Waals surface area contributed by atoms with E-state index >= 15 is 0 Å². The third-order valence-corrected chi connectivity index (χ3v) is 7.36. The smallest absolute Gasteiger partial charge is 0.257 e. The van der Waals surface area contributed by atoms with Crippen LogP contribution in [0.5, 0.6) is 5.75 Å². The van der Waals surface area contributed by atoms with Gasteiger partial charge in [-0.05, 0) is 78.4 Å². The lowest BCUT2D eigenvalue weighted by molar-refractivity contribution is 0.0604. The van der Waals surface area contributed by atoms with Crippen LogP contribution in [0.3, 0.4) is 0 Å². The number of carbonyl (C=O) groups is 2. The molecule has 0 aromatic heterocycles. The maximum atomic E-state index is 13.9. The van der Waals surface area contributed by atoms with Crippen molar-refractivity contribution in [3.05, 3.63) is 100 Å². The molecule has 1 atom stereocenters. The van der Waals surface area contributed by atoms with Gasteiger partial charge in [-0.1, -0.05) is 54.6 Å². The van der Waals surface area contributed by atoms with Gasteiger partial charge in [-0.15, -0.1) is 0 Å². The molecule has 0 unspecified atom stereocenters. The maximum Gasteiger partial charge on any atom is 0.257 e. The van der Waals surface area contributed by atoms with Crippen LogP contribution >= 0.6 is 15.9 Å². The maximum absolute atomic E-state index is 13.9. The monoisotopic (exact) mass is 548 g/mol. The molecule has 1 aliphatic rings. The molecule has 1 heterocycles. The second-order valence-electron chi connectivity index (χ2n) is 9.07. The Labute approximate surface area is 222 Å². The number of nitrogens with zero attached hydrogens (tertiary/aromatic N) is 2. The molecule has 188 valence electrons. The molecule has 0 saturated heterocycles. The van der Waals surface area contributed by atoms with E-state index in [1.54, 1.807) is 0 Å². The minimum Gasteiger partial charge on any atom is -0.491 e. The van der Waals surface area contributed by atoms with Gasteiger partial charge in [0.1, 0.15) is 12.4 Å². The SMILES string of the molecule is CCN1CCCCCN(C(=O)c2ccccc2Br)[C@H](Cc2ccccc2)COc2ccccc2C1=O. The number of hydrogen-bond donors (Lipinski definition) is 0. The Morgan fingerprint density at radius 2 is 1.61 bits per heavy atom. The number of rotatable bonds is 4. The fourth-order valence-corrected chi connectivity index (χ4v) is 5.13. The van der Waals surface area contributed by atoms with Gasteiger partial charge in [-0.2, -0.15) is 0 Å². The van der Waals surface area contributed by atoms with Gasteiger partial charge in [0.2, 0.25) is 0 Å². The van der Waals surface area contributed by atoms with E-state index in [4.69, 9.17) is 4.74 Å². The fraction of sp³-hybridized carbons (Fsp3) is 0.333. The van der Waals surface area contributed by atoms with Crippen LogP contribution in [0.4, 0.5) is 0 Å². The highest BCUT2D eigenvalue weighted by Gasteiger charge is 2.28. The van der Waals surface area contributed by atoms with Crippen molar-refractivity contribution in [2.45, 2.75) is 38.6 Å². The molecule has 0 spiro atoms. The van der Waals surface area contributed by atoms with Gasteiger partial charge in [0.15, 0.2) is 0 Å². The summed E-state index contributed by atoms with van der Waals surface area (Å²) < 4.78 is 7.13. The average molecular weight is 550 g/mol. The van der Waals surface area contributed by atoms with Crippen LogP contribution in [0, 0.1) is 0 Å². The zero-order valence-corrected chi connectivity index (χ0v) is 22.3. The van der Waals surface area contributed by atoms with Crippen molar-refractivity contribution in [1.82, 2.24) is 9.80 Å². The highest BCUT2D eigenvalue weighted by molar-refractivity contribution is 9.10. The van der Waals surface area contributed by atoms with Crippen LogP contribution in [0.2, 0.25) is 0 Å². The van der Waals surface area contributed by atoms with E-state index in [2.05, 4.69) is 28.1 Å². The first kappa shape index (κ1) is 26.0. The van der Waals surface area contributed by atoms with Gasteiger partial charge >= 0.3 is 0 Å². The fourth-order valence-electron chi connectivity index (χ4n) is 4.67. The number of fused-ring (bicyclic) bond motifs is 1. The number of benzene rings is 3. The summed E-state index contributed by atoms with van der Waals surface area (Å²) in [5.74, 6) is 0.543. The Bertz CT molecular complexity index is 1170. The molecule has 4 rings (SSSR count). The Balaban J connectivity index is 1.71. The van der Waals surface area contributed by atoms with E-state index in [1.807, 2.05) is 83.5 Å². The Morgan fingerprint density at radius 3 is 2.39 bits per heavy atom. The van der Waals surface area contributed by atoms with Crippen LogP contribution in [0.15, 0.2) is 83.3 Å². The van der Waals surface area contributed by atoms with Crippen molar-refractivity contribution in [2.75, 3.05) is 26.2 Å². The van der Waals surface area contributed by atoms with Crippen LogP contribution in [0.1, 0.15) is 52.5 Å². The molecule has 3 aromatic carbocycles. The molecular formula is C30H33BrN2O3. The Kier molecular flexibility index (Phi) is 9.17. The lowest BCUT2D eigenvalue weighted by Gasteiger charge is -2.32. The van der Waals surface area contributed by atoms with Crippen molar-refractivity contribution < 1.29 is 14.3 Å². The molecule has 5 nitrogen and oxygen atoms in total. The molecule has 1 aliphatic heterocycles. The zero-order chi connectivity index (χ0) is 25.3. The summed E-state index contributed by atoms with van der Waals surface area (Å²) in [7, 11) is 0. The lowest BCUT2D eigenvalue weighted by Crippen LogP contribution is -2.45. The van der Waals surface area contributed by atoms with Crippen molar-refractivity contribution in [3.63, 3.8) is 0 Å². The van der Waals surface area contributed by atoms with Crippen molar-refractivity contribution in [2.24, 2.45) is 0 Å².